The van der Waals surface area contributed by atoms with Gasteiger partial charge < -0.3 is 20.6 Å². The van der Waals surface area contributed by atoms with Gasteiger partial charge in [0.05, 0.1) is 0 Å². The molecule has 19 heavy (non-hydrogen) atoms. The Balaban J connectivity index is 2.84. The Morgan fingerprint density at radius 1 is 1.21 bits per heavy atom. The van der Waals surface area contributed by atoms with Crippen molar-refractivity contribution in [3.63, 3.8) is 0 Å². The number of aliphatic carboxylic acids is 1. The second kappa shape index (κ2) is 6.40. The minimum absolute atomic E-state index is 0.0421. The van der Waals surface area contributed by atoms with E-state index in [1.54, 1.807) is 4.90 Å². The van der Waals surface area contributed by atoms with Crippen LogP contribution in [0.5, 0.6) is 0 Å². The molecule has 0 aromatic carbocycles. The van der Waals surface area contributed by atoms with Crippen LogP contribution in [-0.2, 0) is 9.59 Å². The molecule has 3 amide bonds. The number of piperidine rings is 1. The normalized spacial score (nSPS) is 22.9. The number of rotatable bonds is 4. The second-order valence-corrected chi connectivity index (χ2v) is 5.03. The summed E-state index contributed by atoms with van der Waals surface area (Å²) < 4.78 is 0. The van der Waals surface area contributed by atoms with Crippen LogP contribution in [0.4, 0.5) is 4.79 Å². The number of carboxylic acids is 1. The van der Waals surface area contributed by atoms with Gasteiger partial charge in [0.2, 0.25) is 5.91 Å². The van der Waals surface area contributed by atoms with Crippen LogP contribution in [-0.4, -0.2) is 58.0 Å². The second-order valence-electron chi connectivity index (χ2n) is 5.03. The summed E-state index contributed by atoms with van der Waals surface area (Å²) >= 11 is 0. The number of nitrogens with two attached hydrogens (primary N) is 1. The maximum Gasteiger partial charge on any atom is 0.323 e. The third-order valence-electron chi connectivity index (χ3n) is 3.36. The standard InChI is InChI=1S/C12H21N3O4/c1-8-4-3-5-9(2)15(8)12(19)14(6-10(13)16)7-11(17)18/h8-9H,3-7H2,1-2H3,(H2,13,16)(H,17,18)/t8-,9+. The summed E-state index contributed by atoms with van der Waals surface area (Å²) in [5.41, 5.74) is 5.06. The van der Waals surface area contributed by atoms with Gasteiger partial charge in [-0.05, 0) is 33.1 Å². The molecular formula is C12H21N3O4. The largest absolute Gasteiger partial charge is 0.480 e. The van der Waals surface area contributed by atoms with Crippen LogP contribution in [0, 0.1) is 0 Å². The van der Waals surface area contributed by atoms with Gasteiger partial charge in [0.15, 0.2) is 0 Å². The number of carboxylic acid groups (broad SMARTS) is 1. The van der Waals surface area contributed by atoms with Crippen molar-refractivity contribution in [1.82, 2.24) is 9.80 Å². The van der Waals surface area contributed by atoms with Gasteiger partial charge in [0.25, 0.3) is 0 Å². The minimum atomic E-state index is -1.16. The zero-order chi connectivity index (χ0) is 14.6. The molecule has 1 aliphatic heterocycles. The molecule has 0 bridgehead atoms. The van der Waals surface area contributed by atoms with E-state index in [0.29, 0.717) is 0 Å². The first kappa shape index (κ1) is 15.3. The highest BCUT2D eigenvalue weighted by molar-refractivity contribution is 5.86. The Morgan fingerprint density at radius 3 is 2.16 bits per heavy atom. The summed E-state index contributed by atoms with van der Waals surface area (Å²) in [5.74, 6) is -1.88. The van der Waals surface area contributed by atoms with Crippen LogP contribution in [0.15, 0.2) is 0 Å². The van der Waals surface area contributed by atoms with E-state index in [0.717, 1.165) is 24.2 Å². The highest BCUT2D eigenvalue weighted by atomic mass is 16.4. The van der Waals surface area contributed by atoms with E-state index in [-0.39, 0.29) is 18.6 Å². The van der Waals surface area contributed by atoms with Gasteiger partial charge >= 0.3 is 12.0 Å². The van der Waals surface area contributed by atoms with Gasteiger partial charge in [-0.1, -0.05) is 0 Å². The highest BCUT2D eigenvalue weighted by Gasteiger charge is 2.33. The molecule has 7 heteroatoms. The molecule has 7 nitrogen and oxygen atoms in total. The van der Waals surface area contributed by atoms with Crippen LogP contribution in [0.3, 0.4) is 0 Å². The predicted molar refractivity (Wildman–Crippen MR) is 68.4 cm³/mol. The number of hydrogen-bond donors (Lipinski definition) is 2. The monoisotopic (exact) mass is 271 g/mol. The van der Waals surface area contributed by atoms with E-state index in [1.807, 2.05) is 13.8 Å². The molecule has 3 N–H and O–H groups in total. The smallest absolute Gasteiger partial charge is 0.323 e. The lowest BCUT2D eigenvalue weighted by atomic mass is 9.98. The molecule has 1 fully saturated rings. The van der Waals surface area contributed by atoms with E-state index in [9.17, 15) is 14.4 Å². The van der Waals surface area contributed by atoms with Crippen LogP contribution in [0.2, 0.25) is 0 Å². The van der Waals surface area contributed by atoms with E-state index in [4.69, 9.17) is 10.8 Å². The number of likely N-dealkylation sites (tertiary alicyclic amines) is 1. The zero-order valence-corrected chi connectivity index (χ0v) is 11.3. The molecule has 0 aliphatic carbocycles. The van der Waals surface area contributed by atoms with Gasteiger partial charge in [0.1, 0.15) is 13.1 Å². The summed E-state index contributed by atoms with van der Waals surface area (Å²) in [7, 11) is 0. The van der Waals surface area contributed by atoms with Gasteiger partial charge in [-0.25, -0.2) is 4.79 Å². The van der Waals surface area contributed by atoms with E-state index >= 15 is 0 Å². The third-order valence-corrected chi connectivity index (χ3v) is 3.36. The molecule has 1 saturated heterocycles. The lowest BCUT2D eigenvalue weighted by Crippen LogP contribution is -2.55. The Labute approximate surface area is 112 Å². The van der Waals surface area contributed by atoms with Crippen LogP contribution >= 0.6 is 0 Å². The first-order valence-corrected chi connectivity index (χ1v) is 6.40. The summed E-state index contributed by atoms with van der Waals surface area (Å²) in [6, 6.07) is -0.346. The van der Waals surface area contributed by atoms with Crippen molar-refractivity contribution in [3.05, 3.63) is 0 Å². The molecular weight excluding hydrogens is 250 g/mol. The lowest BCUT2D eigenvalue weighted by Gasteiger charge is -2.41. The van der Waals surface area contributed by atoms with Crippen molar-refractivity contribution >= 4 is 17.9 Å². The average molecular weight is 271 g/mol. The first-order chi connectivity index (χ1) is 8.82. The summed E-state index contributed by atoms with van der Waals surface area (Å²) in [6.07, 6.45) is 2.81. The van der Waals surface area contributed by atoms with Crippen molar-refractivity contribution in [2.24, 2.45) is 5.73 Å². The van der Waals surface area contributed by atoms with E-state index < -0.39 is 24.5 Å². The van der Waals surface area contributed by atoms with Gasteiger partial charge in [-0.15, -0.1) is 0 Å². The molecule has 1 heterocycles. The van der Waals surface area contributed by atoms with Crippen LogP contribution in [0.1, 0.15) is 33.1 Å². The molecule has 0 spiro atoms. The lowest BCUT2D eigenvalue weighted by molar-refractivity contribution is -0.138. The van der Waals surface area contributed by atoms with Gasteiger partial charge in [-0.3, -0.25) is 9.59 Å². The van der Waals surface area contributed by atoms with Crippen LogP contribution < -0.4 is 5.73 Å². The maximum absolute atomic E-state index is 12.4. The summed E-state index contributed by atoms with van der Waals surface area (Å²) in [6.45, 7) is 2.96. The van der Waals surface area contributed by atoms with Crippen LogP contribution in [0.25, 0.3) is 0 Å². The maximum atomic E-state index is 12.4. The molecule has 0 aromatic heterocycles. The first-order valence-electron chi connectivity index (χ1n) is 6.40. The summed E-state index contributed by atoms with van der Waals surface area (Å²) in [5, 5.41) is 8.81. The van der Waals surface area contributed by atoms with E-state index in [1.165, 1.54) is 0 Å². The number of amides is 3. The molecule has 1 aliphatic rings. The van der Waals surface area contributed by atoms with E-state index in [2.05, 4.69) is 0 Å². The Morgan fingerprint density at radius 2 is 1.74 bits per heavy atom. The Hall–Kier alpha value is -1.79. The summed E-state index contributed by atoms with van der Waals surface area (Å²) in [4.78, 5) is 36.7. The molecule has 0 unspecified atom stereocenters. The fourth-order valence-corrected chi connectivity index (χ4v) is 2.50. The SMILES string of the molecule is C[C@@H]1CCC[C@H](C)N1C(=O)N(CC(N)=O)CC(=O)O. The third kappa shape index (κ3) is 4.11. The number of carbonyl (C=O) groups is 3. The Bertz CT molecular complexity index is 346. The number of urea groups is 1. The predicted octanol–water partition coefficient (Wildman–Crippen LogP) is 0.241. The van der Waals surface area contributed by atoms with Gasteiger partial charge in [0, 0.05) is 12.1 Å². The van der Waals surface area contributed by atoms with Gasteiger partial charge in [-0.2, -0.15) is 0 Å². The number of nitrogens with zero attached hydrogens (tertiary/aromatic N) is 2. The fourth-order valence-electron chi connectivity index (χ4n) is 2.50. The minimum Gasteiger partial charge on any atom is -0.480 e. The Kier molecular flexibility index (Phi) is 5.14. The fraction of sp³-hybridized carbons (Fsp3) is 0.750. The number of hydrogen-bond acceptors (Lipinski definition) is 3. The topological polar surface area (TPSA) is 104 Å². The molecule has 0 aromatic rings. The van der Waals surface area contributed by atoms with Crippen molar-refractivity contribution < 1.29 is 19.5 Å². The number of primary amides is 1. The number of carbonyl (C=O) groups excluding carboxylic acids is 2. The molecule has 1 rings (SSSR count). The van der Waals surface area contributed by atoms with Crippen molar-refractivity contribution in [2.75, 3.05) is 13.1 Å². The van der Waals surface area contributed by atoms with Crippen molar-refractivity contribution in [2.45, 2.75) is 45.2 Å². The van der Waals surface area contributed by atoms with Crippen molar-refractivity contribution in [1.29, 1.82) is 0 Å². The van der Waals surface area contributed by atoms with Crippen molar-refractivity contribution in [3.8, 4) is 0 Å². The average Bonchev–Trinajstić information content (AvgIpc) is 2.26. The molecule has 0 radical (unpaired) electrons. The molecule has 0 saturated carbocycles. The highest BCUT2D eigenvalue weighted by Crippen LogP contribution is 2.23. The zero-order valence-electron chi connectivity index (χ0n) is 11.3. The quantitative estimate of drug-likeness (QED) is 0.764. The molecule has 2 atom stereocenters. The molecule has 108 valence electrons.